The maximum atomic E-state index is 11.9. The minimum Gasteiger partial charge on any atom is -0.354 e. The molecule has 0 aromatic heterocycles. The quantitative estimate of drug-likeness (QED) is 0.818. The molecule has 0 aromatic carbocycles. The summed E-state index contributed by atoms with van der Waals surface area (Å²) in [7, 11) is 0. The molecule has 1 saturated carbocycles. The fourth-order valence-electron chi connectivity index (χ4n) is 2.11. The Balaban J connectivity index is 0.00000256. The largest absolute Gasteiger partial charge is 0.354 e. The number of hydrogen-bond acceptors (Lipinski definition) is 2. The lowest BCUT2D eigenvalue weighted by Gasteiger charge is -2.41. The predicted molar refractivity (Wildman–Crippen MR) is 74.3 cm³/mol. The standard InChI is InChI=1S/C13H26N2O.ClH/c1-5-13(7-6-8-13)9-15-11(16)10(14)12(2,3)4;/h10H,5-9,14H2,1-4H3,(H,15,16);1H/t10-;/m1./s1. The second-order valence-electron chi connectivity index (χ2n) is 6.27. The van der Waals surface area contributed by atoms with Crippen molar-refractivity contribution in [2.75, 3.05) is 6.54 Å². The molecule has 1 aliphatic carbocycles. The molecular weight excluding hydrogens is 236 g/mol. The van der Waals surface area contributed by atoms with Crippen molar-refractivity contribution < 1.29 is 4.79 Å². The first-order valence-electron chi connectivity index (χ1n) is 6.34. The zero-order valence-corrected chi connectivity index (χ0v) is 12.3. The number of carbonyl (C=O) groups is 1. The molecule has 1 fully saturated rings. The Hall–Kier alpha value is -0.280. The van der Waals surface area contributed by atoms with Gasteiger partial charge >= 0.3 is 0 Å². The van der Waals surface area contributed by atoms with Gasteiger partial charge in [0.1, 0.15) is 0 Å². The molecule has 3 N–H and O–H groups in total. The number of nitrogens with one attached hydrogen (secondary N) is 1. The molecule has 0 spiro atoms. The fraction of sp³-hybridized carbons (Fsp3) is 0.923. The van der Waals surface area contributed by atoms with E-state index >= 15 is 0 Å². The van der Waals surface area contributed by atoms with Crippen LogP contribution in [0.1, 0.15) is 53.4 Å². The van der Waals surface area contributed by atoms with Crippen molar-refractivity contribution in [1.29, 1.82) is 0 Å². The summed E-state index contributed by atoms with van der Waals surface area (Å²) < 4.78 is 0. The van der Waals surface area contributed by atoms with E-state index in [4.69, 9.17) is 5.73 Å². The number of halogens is 1. The van der Waals surface area contributed by atoms with Crippen molar-refractivity contribution in [2.45, 2.75) is 59.4 Å². The third-order valence-corrected chi connectivity index (χ3v) is 4.02. The van der Waals surface area contributed by atoms with E-state index in [0.717, 1.165) is 13.0 Å². The highest BCUT2D eigenvalue weighted by Gasteiger charge is 2.36. The normalized spacial score (nSPS) is 19.8. The molecule has 0 saturated heterocycles. The maximum Gasteiger partial charge on any atom is 0.237 e. The second kappa shape index (κ2) is 6.05. The Kier molecular flexibility index (Phi) is 5.95. The van der Waals surface area contributed by atoms with Gasteiger partial charge in [0.25, 0.3) is 0 Å². The lowest BCUT2D eigenvalue weighted by molar-refractivity contribution is -0.125. The molecule has 0 unspecified atom stereocenters. The van der Waals surface area contributed by atoms with Crippen LogP contribution in [0.4, 0.5) is 0 Å². The van der Waals surface area contributed by atoms with Gasteiger partial charge in [-0.2, -0.15) is 0 Å². The van der Waals surface area contributed by atoms with Crippen LogP contribution in [0.5, 0.6) is 0 Å². The van der Waals surface area contributed by atoms with E-state index in [9.17, 15) is 4.79 Å². The Morgan fingerprint density at radius 3 is 2.24 bits per heavy atom. The molecule has 1 atom stereocenters. The summed E-state index contributed by atoms with van der Waals surface area (Å²) in [5.74, 6) is -0.00720. The maximum absolute atomic E-state index is 11.9. The highest BCUT2D eigenvalue weighted by Crippen LogP contribution is 2.43. The predicted octanol–water partition coefficient (Wildman–Crippen LogP) is 2.48. The van der Waals surface area contributed by atoms with Gasteiger partial charge in [-0.1, -0.05) is 34.1 Å². The van der Waals surface area contributed by atoms with Gasteiger partial charge in [-0.3, -0.25) is 4.79 Å². The Bertz CT molecular complexity index is 251. The van der Waals surface area contributed by atoms with E-state index in [1.54, 1.807) is 0 Å². The third-order valence-electron chi connectivity index (χ3n) is 4.02. The summed E-state index contributed by atoms with van der Waals surface area (Å²) in [6, 6.07) is -0.415. The van der Waals surface area contributed by atoms with Crippen LogP contribution in [-0.2, 0) is 4.79 Å². The lowest BCUT2D eigenvalue weighted by Crippen LogP contribution is -2.51. The molecule has 0 aliphatic heterocycles. The van der Waals surface area contributed by atoms with E-state index in [-0.39, 0.29) is 23.7 Å². The minimum absolute atomic E-state index is 0. The van der Waals surface area contributed by atoms with Crippen molar-refractivity contribution in [3.8, 4) is 0 Å². The van der Waals surface area contributed by atoms with Gasteiger partial charge < -0.3 is 11.1 Å². The molecule has 0 radical (unpaired) electrons. The van der Waals surface area contributed by atoms with Gasteiger partial charge in [0.05, 0.1) is 6.04 Å². The molecule has 0 aromatic rings. The van der Waals surface area contributed by atoms with E-state index in [1.165, 1.54) is 19.3 Å². The molecule has 3 nitrogen and oxygen atoms in total. The first-order valence-corrected chi connectivity index (χ1v) is 6.34. The first kappa shape index (κ1) is 16.7. The average molecular weight is 263 g/mol. The molecule has 0 bridgehead atoms. The van der Waals surface area contributed by atoms with Crippen molar-refractivity contribution in [1.82, 2.24) is 5.32 Å². The second-order valence-corrected chi connectivity index (χ2v) is 6.27. The minimum atomic E-state index is -0.415. The monoisotopic (exact) mass is 262 g/mol. The molecule has 0 heterocycles. The van der Waals surface area contributed by atoms with E-state index in [0.29, 0.717) is 5.41 Å². The number of hydrogen-bond donors (Lipinski definition) is 2. The molecule has 102 valence electrons. The highest BCUT2D eigenvalue weighted by atomic mass is 35.5. The van der Waals surface area contributed by atoms with Crippen LogP contribution < -0.4 is 11.1 Å². The van der Waals surface area contributed by atoms with Crippen LogP contribution in [0, 0.1) is 10.8 Å². The summed E-state index contributed by atoms with van der Waals surface area (Å²) in [5.41, 5.74) is 6.12. The van der Waals surface area contributed by atoms with Crippen LogP contribution in [0.15, 0.2) is 0 Å². The molecule has 1 aliphatic rings. The molecular formula is C13H27ClN2O. The first-order chi connectivity index (χ1) is 7.31. The van der Waals surface area contributed by atoms with E-state index in [1.807, 2.05) is 20.8 Å². The summed E-state index contributed by atoms with van der Waals surface area (Å²) in [6.45, 7) is 8.99. The SMILES string of the molecule is CCC1(CNC(=O)[C@@H](N)C(C)(C)C)CCC1.Cl. The molecule has 1 rings (SSSR count). The van der Waals surface area contributed by atoms with Crippen molar-refractivity contribution in [3.05, 3.63) is 0 Å². The van der Waals surface area contributed by atoms with Crippen LogP contribution >= 0.6 is 12.4 Å². The number of rotatable bonds is 4. The van der Waals surface area contributed by atoms with Crippen LogP contribution in [-0.4, -0.2) is 18.5 Å². The summed E-state index contributed by atoms with van der Waals surface area (Å²) in [6.07, 6.45) is 4.94. The summed E-state index contributed by atoms with van der Waals surface area (Å²) in [4.78, 5) is 11.9. The van der Waals surface area contributed by atoms with Gasteiger partial charge in [0.15, 0.2) is 0 Å². The topological polar surface area (TPSA) is 55.1 Å². The van der Waals surface area contributed by atoms with Gasteiger partial charge in [-0.05, 0) is 30.1 Å². The number of nitrogens with two attached hydrogens (primary N) is 1. The zero-order chi connectivity index (χ0) is 12.4. The van der Waals surface area contributed by atoms with Gasteiger partial charge in [-0.25, -0.2) is 0 Å². The molecule has 4 heteroatoms. The Labute approximate surface area is 111 Å². The van der Waals surface area contributed by atoms with E-state index < -0.39 is 6.04 Å². The van der Waals surface area contributed by atoms with Crippen molar-refractivity contribution in [3.63, 3.8) is 0 Å². The van der Waals surface area contributed by atoms with Crippen LogP contribution in [0.3, 0.4) is 0 Å². The lowest BCUT2D eigenvalue weighted by atomic mass is 9.67. The number of carbonyl (C=O) groups excluding carboxylic acids is 1. The third kappa shape index (κ3) is 4.14. The van der Waals surface area contributed by atoms with Crippen molar-refractivity contribution in [2.24, 2.45) is 16.6 Å². The van der Waals surface area contributed by atoms with E-state index in [2.05, 4.69) is 12.2 Å². The van der Waals surface area contributed by atoms with Gasteiger partial charge in [0.2, 0.25) is 5.91 Å². The summed E-state index contributed by atoms with van der Waals surface area (Å²) in [5, 5.41) is 3.02. The van der Waals surface area contributed by atoms with Gasteiger partial charge in [-0.15, -0.1) is 12.4 Å². The summed E-state index contributed by atoms with van der Waals surface area (Å²) >= 11 is 0. The van der Waals surface area contributed by atoms with Crippen LogP contribution in [0.2, 0.25) is 0 Å². The smallest absolute Gasteiger partial charge is 0.237 e. The Morgan fingerprint density at radius 2 is 1.94 bits per heavy atom. The zero-order valence-electron chi connectivity index (χ0n) is 11.5. The molecule has 17 heavy (non-hydrogen) atoms. The van der Waals surface area contributed by atoms with Crippen molar-refractivity contribution >= 4 is 18.3 Å². The average Bonchev–Trinajstić information content (AvgIpc) is 2.14. The molecule has 1 amide bonds. The van der Waals surface area contributed by atoms with Crippen LogP contribution in [0.25, 0.3) is 0 Å². The Morgan fingerprint density at radius 1 is 1.41 bits per heavy atom. The number of amides is 1. The highest BCUT2D eigenvalue weighted by molar-refractivity contribution is 5.85. The van der Waals surface area contributed by atoms with Gasteiger partial charge in [0, 0.05) is 6.54 Å². The fourth-order valence-corrected chi connectivity index (χ4v) is 2.11.